The number of rotatable bonds is 6. The molecule has 0 fully saturated rings. The molecule has 0 bridgehead atoms. The lowest BCUT2D eigenvalue weighted by Gasteiger charge is -2.22. The molecule has 0 aromatic heterocycles. The highest BCUT2D eigenvalue weighted by atomic mass is 35.5. The van der Waals surface area contributed by atoms with Crippen LogP contribution >= 0.6 is 11.6 Å². The second-order valence-electron chi connectivity index (χ2n) is 5.56. The number of nitrogens with one attached hydrogen (secondary N) is 1. The summed E-state index contributed by atoms with van der Waals surface area (Å²) in [4.78, 5) is 25.8. The summed E-state index contributed by atoms with van der Waals surface area (Å²) in [6.07, 6.45) is 0. The first-order chi connectivity index (χ1) is 11.9. The molecule has 5 nitrogen and oxygen atoms in total. The molecule has 2 amide bonds. The number of anilines is 1. The Morgan fingerprint density at radius 2 is 1.92 bits per heavy atom. The molecule has 0 heterocycles. The van der Waals surface area contributed by atoms with Gasteiger partial charge >= 0.3 is 0 Å². The highest BCUT2D eigenvalue weighted by molar-refractivity contribution is 6.31. The number of aryl methyl sites for hydroxylation is 1. The van der Waals surface area contributed by atoms with Crippen molar-refractivity contribution in [3.8, 4) is 5.75 Å². The maximum atomic E-state index is 12.3. The minimum Gasteiger partial charge on any atom is -0.496 e. The van der Waals surface area contributed by atoms with Crippen LogP contribution in [0.3, 0.4) is 0 Å². The molecule has 0 aliphatic carbocycles. The summed E-state index contributed by atoms with van der Waals surface area (Å²) in [5, 5.41) is 3.41. The van der Waals surface area contributed by atoms with Gasteiger partial charge in [-0.05, 0) is 36.8 Å². The highest BCUT2D eigenvalue weighted by Gasteiger charge is 2.15. The molecule has 0 saturated carbocycles. The number of carbonyl (C=O) groups excluding carboxylic acids is 2. The monoisotopic (exact) mass is 360 g/mol. The van der Waals surface area contributed by atoms with E-state index in [1.165, 1.54) is 14.0 Å². The first kappa shape index (κ1) is 18.8. The van der Waals surface area contributed by atoms with Gasteiger partial charge < -0.3 is 15.0 Å². The van der Waals surface area contributed by atoms with E-state index >= 15 is 0 Å². The van der Waals surface area contributed by atoms with Crippen molar-refractivity contribution in [2.75, 3.05) is 25.1 Å². The summed E-state index contributed by atoms with van der Waals surface area (Å²) in [7, 11) is 1.52. The number of benzene rings is 2. The third-order valence-electron chi connectivity index (χ3n) is 3.82. The number of amides is 2. The third-order valence-corrected chi connectivity index (χ3v) is 4.23. The molecule has 0 atom stereocenters. The first-order valence-electron chi connectivity index (χ1n) is 7.89. The number of hydrogen-bond acceptors (Lipinski definition) is 3. The SMILES string of the molecule is COc1ccccc1C(=O)NCCN(C(C)=O)c1ccc(C)c(Cl)c1. The van der Waals surface area contributed by atoms with Crippen LogP contribution < -0.4 is 15.0 Å². The van der Waals surface area contributed by atoms with E-state index in [0.29, 0.717) is 35.1 Å². The normalized spacial score (nSPS) is 10.2. The molecular formula is C19H21ClN2O3. The van der Waals surface area contributed by atoms with Gasteiger partial charge in [-0.1, -0.05) is 29.8 Å². The second-order valence-corrected chi connectivity index (χ2v) is 5.97. The molecular weight excluding hydrogens is 340 g/mol. The van der Waals surface area contributed by atoms with E-state index in [4.69, 9.17) is 16.3 Å². The topological polar surface area (TPSA) is 58.6 Å². The summed E-state index contributed by atoms with van der Waals surface area (Å²) in [5.41, 5.74) is 2.10. The molecule has 0 unspecified atom stereocenters. The van der Waals surface area contributed by atoms with Gasteiger partial charge in [0.1, 0.15) is 5.75 Å². The Morgan fingerprint density at radius 1 is 1.20 bits per heavy atom. The molecule has 0 saturated heterocycles. The Hall–Kier alpha value is -2.53. The highest BCUT2D eigenvalue weighted by Crippen LogP contribution is 2.23. The van der Waals surface area contributed by atoms with Crippen LogP contribution in [0.5, 0.6) is 5.75 Å². The van der Waals surface area contributed by atoms with E-state index in [9.17, 15) is 9.59 Å². The minimum absolute atomic E-state index is 0.119. The molecule has 0 aliphatic rings. The fourth-order valence-corrected chi connectivity index (χ4v) is 2.60. The van der Waals surface area contributed by atoms with Gasteiger partial charge in [0, 0.05) is 30.7 Å². The van der Waals surface area contributed by atoms with Gasteiger partial charge in [-0.15, -0.1) is 0 Å². The van der Waals surface area contributed by atoms with Gasteiger partial charge in [-0.3, -0.25) is 9.59 Å². The molecule has 132 valence electrons. The standard InChI is InChI=1S/C19H21ClN2O3/c1-13-8-9-15(12-17(13)20)22(14(2)23)11-10-21-19(24)16-6-4-5-7-18(16)25-3/h4-9,12H,10-11H2,1-3H3,(H,21,24). The zero-order chi connectivity index (χ0) is 18.4. The van der Waals surface area contributed by atoms with Crippen LogP contribution in [0.2, 0.25) is 5.02 Å². The largest absolute Gasteiger partial charge is 0.496 e. The van der Waals surface area contributed by atoms with Gasteiger partial charge in [0.25, 0.3) is 5.91 Å². The molecule has 0 spiro atoms. The van der Waals surface area contributed by atoms with E-state index in [2.05, 4.69) is 5.32 Å². The number of para-hydroxylation sites is 1. The summed E-state index contributed by atoms with van der Waals surface area (Å²) in [5.74, 6) is 0.142. The molecule has 0 aliphatic heterocycles. The Kier molecular flexibility index (Phi) is 6.42. The Labute approximate surface area is 152 Å². The number of methoxy groups -OCH3 is 1. The van der Waals surface area contributed by atoms with Crippen LogP contribution in [0.25, 0.3) is 0 Å². The number of carbonyl (C=O) groups is 2. The maximum Gasteiger partial charge on any atom is 0.255 e. The fraction of sp³-hybridized carbons (Fsp3) is 0.263. The number of ether oxygens (including phenoxy) is 1. The van der Waals surface area contributed by atoms with Crippen molar-refractivity contribution in [1.82, 2.24) is 5.32 Å². The van der Waals surface area contributed by atoms with Crippen molar-refractivity contribution in [2.45, 2.75) is 13.8 Å². The van der Waals surface area contributed by atoms with Crippen LogP contribution in [0.1, 0.15) is 22.8 Å². The predicted molar refractivity (Wildman–Crippen MR) is 99.5 cm³/mol. The van der Waals surface area contributed by atoms with Gasteiger partial charge in [0.2, 0.25) is 5.91 Å². The van der Waals surface area contributed by atoms with E-state index in [-0.39, 0.29) is 11.8 Å². The lowest BCUT2D eigenvalue weighted by molar-refractivity contribution is -0.116. The van der Waals surface area contributed by atoms with E-state index in [1.807, 2.05) is 19.1 Å². The van der Waals surface area contributed by atoms with Crippen molar-refractivity contribution < 1.29 is 14.3 Å². The number of halogens is 1. The van der Waals surface area contributed by atoms with Gasteiger partial charge in [-0.25, -0.2) is 0 Å². The molecule has 2 aromatic rings. The van der Waals surface area contributed by atoms with Crippen LogP contribution in [0, 0.1) is 6.92 Å². The van der Waals surface area contributed by atoms with E-state index in [1.54, 1.807) is 35.2 Å². The third kappa shape index (κ3) is 4.73. The van der Waals surface area contributed by atoms with Crippen molar-refractivity contribution in [3.63, 3.8) is 0 Å². The average molecular weight is 361 g/mol. The minimum atomic E-state index is -0.247. The number of hydrogen-bond donors (Lipinski definition) is 1. The molecule has 25 heavy (non-hydrogen) atoms. The van der Waals surface area contributed by atoms with Crippen LogP contribution in [0.15, 0.2) is 42.5 Å². The van der Waals surface area contributed by atoms with Crippen LogP contribution in [-0.4, -0.2) is 32.0 Å². The summed E-state index contributed by atoms with van der Waals surface area (Å²) in [6.45, 7) is 4.03. The predicted octanol–water partition coefficient (Wildman–Crippen LogP) is 3.44. The number of nitrogens with zero attached hydrogens (tertiary/aromatic N) is 1. The molecule has 0 radical (unpaired) electrons. The lowest BCUT2D eigenvalue weighted by Crippen LogP contribution is -2.37. The zero-order valence-corrected chi connectivity index (χ0v) is 15.3. The molecule has 2 aromatic carbocycles. The van der Waals surface area contributed by atoms with Gasteiger partial charge in [-0.2, -0.15) is 0 Å². The van der Waals surface area contributed by atoms with Crippen molar-refractivity contribution in [1.29, 1.82) is 0 Å². The van der Waals surface area contributed by atoms with Gasteiger partial charge in [0.05, 0.1) is 12.7 Å². The second kappa shape index (κ2) is 8.53. The summed E-state index contributed by atoms with van der Waals surface area (Å²) >= 11 is 6.14. The zero-order valence-electron chi connectivity index (χ0n) is 14.5. The summed E-state index contributed by atoms with van der Waals surface area (Å²) in [6, 6.07) is 12.4. The van der Waals surface area contributed by atoms with Crippen LogP contribution in [0.4, 0.5) is 5.69 Å². The van der Waals surface area contributed by atoms with E-state index < -0.39 is 0 Å². The van der Waals surface area contributed by atoms with Crippen molar-refractivity contribution >= 4 is 29.1 Å². The maximum absolute atomic E-state index is 12.3. The van der Waals surface area contributed by atoms with Crippen molar-refractivity contribution in [3.05, 3.63) is 58.6 Å². The molecule has 1 N–H and O–H groups in total. The lowest BCUT2D eigenvalue weighted by atomic mass is 10.2. The Balaban J connectivity index is 2.03. The first-order valence-corrected chi connectivity index (χ1v) is 8.27. The average Bonchev–Trinajstić information content (AvgIpc) is 2.60. The summed E-state index contributed by atoms with van der Waals surface area (Å²) < 4.78 is 5.19. The fourth-order valence-electron chi connectivity index (χ4n) is 2.43. The Morgan fingerprint density at radius 3 is 2.56 bits per heavy atom. The molecule has 6 heteroatoms. The van der Waals surface area contributed by atoms with Crippen LogP contribution in [-0.2, 0) is 4.79 Å². The smallest absolute Gasteiger partial charge is 0.255 e. The quantitative estimate of drug-likeness (QED) is 0.858. The van der Waals surface area contributed by atoms with E-state index in [0.717, 1.165) is 5.56 Å². The van der Waals surface area contributed by atoms with Crippen molar-refractivity contribution in [2.24, 2.45) is 0 Å². The molecule has 2 rings (SSSR count). The van der Waals surface area contributed by atoms with Gasteiger partial charge in [0.15, 0.2) is 0 Å². The Bertz CT molecular complexity index is 777.